The third-order valence-electron chi connectivity index (χ3n) is 3.45. The van der Waals surface area contributed by atoms with Crippen LogP contribution in [0.3, 0.4) is 0 Å². The van der Waals surface area contributed by atoms with E-state index in [9.17, 15) is 14.7 Å². The third kappa shape index (κ3) is 3.21. The van der Waals surface area contributed by atoms with Crippen LogP contribution in [0.15, 0.2) is 15.9 Å². The maximum absolute atomic E-state index is 12.1. The fourth-order valence-corrected chi connectivity index (χ4v) is 4.11. The number of nitrogens with zero attached hydrogens (tertiary/aromatic N) is 1. The molecular formula is C13H16BrNO4S. The Morgan fingerprint density at radius 2 is 2.35 bits per heavy atom. The van der Waals surface area contributed by atoms with Crippen molar-refractivity contribution in [1.82, 2.24) is 4.90 Å². The number of rotatable bonds is 5. The third-order valence-corrected chi connectivity index (χ3v) is 5.14. The Labute approximate surface area is 129 Å². The Morgan fingerprint density at radius 3 is 2.90 bits per heavy atom. The summed E-state index contributed by atoms with van der Waals surface area (Å²) in [5.74, 6) is -1.42. The molecule has 0 spiro atoms. The van der Waals surface area contributed by atoms with Gasteiger partial charge in [0.25, 0.3) is 0 Å². The number of piperidine rings is 1. The summed E-state index contributed by atoms with van der Waals surface area (Å²) >= 11 is 4.86. The highest BCUT2D eigenvalue weighted by atomic mass is 79.9. The standard InChI is InChI=1S/C13H16BrNO4S/c1-19-7-6-15-11(16)5-2-8(13(17)18)12(15)9-3-4-10(14)20-9/h3-4,8,12H,2,5-7H2,1H3,(H,17,18). The average Bonchev–Trinajstić information content (AvgIpc) is 2.83. The minimum Gasteiger partial charge on any atom is -0.481 e. The maximum Gasteiger partial charge on any atom is 0.308 e. The van der Waals surface area contributed by atoms with Gasteiger partial charge in [-0.3, -0.25) is 9.59 Å². The quantitative estimate of drug-likeness (QED) is 0.874. The zero-order chi connectivity index (χ0) is 14.7. The molecule has 2 atom stereocenters. The van der Waals surface area contributed by atoms with E-state index in [0.29, 0.717) is 19.6 Å². The van der Waals surface area contributed by atoms with Crippen molar-refractivity contribution in [3.63, 3.8) is 0 Å². The number of ether oxygens (including phenoxy) is 1. The monoisotopic (exact) mass is 361 g/mol. The van der Waals surface area contributed by atoms with E-state index in [1.165, 1.54) is 11.3 Å². The lowest BCUT2D eigenvalue weighted by Crippen LogP contribution is -2.46. The minimum atomic E-state index is -0.852. The van der Waals surface area contributed by atoms with Crippen LogP contribution in [0.1, 0.15) is 23.8 Å². The lowest BCUT2D eigenvalue weighted by Gasteiger charge is -2.38. The average molecular weight is 362 g/mol. The number of carboxylic acids is 1. The zero-order valence-corrected chi connectivity index (χ0v) is 13.4. The van der Waals surface area contributed by atoms with Crippen molar-refractivity contribution in [2.75, 3.05) is 20.3 Å². The number of amides is 1. The number of halogens is 1. The Kier molecular flexibility index (Phi) is 5.17. The molecule has 1 aliphatic rings. The van der Waals surface area contributed by atoms with Gasteiger partial charge in [0.05, 0.1) is 22.4 Å². The molecule has 5 nitrogen and oxygen atoms in total. The van der Waals surface area contributed by atoms with E-state index in [1.807, 2.05) is 12.1 Å². The number of likely N-dealkylation sites (tertiary alicyclic amines) is 1. The Morgan fingerprint density at radius 1 is 1.60 bits per heavy atom. The molecule has 0 saturated carbocycles. The number of thiophene rings is 1. The van der Waals surface area contributed by atoms with Crippen molar-refractivity contribution in [2.45, 2.75) is 18.9 Å². The molecule has 0 bridgehead atoms. The molecule has 1 aliphatic heterocycles. The summed E-state index contributed by atoms with van der Waals surface area (Å²) in [6, 6.07) is 3.36. The van der Waals surface area contributed by atoms with Gasteiger partial charge in [-0.1, -0.05) is 0 Å². The summed E-state index contributed by atoms with van der Waals surface area (Å²) in [6.07, 6.45) is 0.668. The number of carboxylic acid groups (broad SMARTS) is 1. The molecule has 1 saturated heterocycles. The number of methoxy groups -OCH3 is 1. The summed E-state index contributed by atoms with van der Waals surface area (Å²) in [4.78, 5) is 26.2. The lowest BCUT2D eigenvalue weighted by molar-refractivity contribution is -0.152. The van der Waals surface area contributed by atoms with Gasteiger partial charge in [0.1, 0.15) is 0 Å². The highest BCUT2D eigenvalue weighted by molar-refractivity contribution is 9.11. The number of carbonyl (C=O) groups is 2. The highest BCUT2D eigenvalue weighted by Crippen LogP contribution is 2.40. The lowest BCUT2D eigenvalue weighted by atomic mass is 9.87. The number of hydrogen-bond donors (Lipinski definition) is 1. The van der Waals surface area contributed by atoms with Gasteiger partial charge >= 0.3 is 5.97 Å². The van der Waals surface area contributed by atoms with Crippen LogP contribution in [-0.4, -0.2) is 42.1 Å². The first-order valence-electron chi connectivity index (χ1n) is 6.31. The molecule has 1 aromatic heterocycles. The predicted octanol–water partition coefficient (Wildman–Crippen LogP) is 2.52. The molecule has 0 aromatic carbocycles. The molecule has 1 amide bonds. The van der Waals surface area contributed by atoms with Crippen LogP contribution >= 0.6 is 27.3 Å². The summed E-state index contributed by atoms with van der Waals surface area (Å²) in [5, 5.41) is 9.43. The number of hydrogen-bond acceptors (Lipinski definition) is 4. The van der Waals surface area contributed by atoms with E-state index < -0.39 is 17.9 Å². The molecule has 2 heterocycles. The Hall–Kier alpha value is -0.920. The van der Waals surface area contributed by atoms with Crippen LogP contribution in [0.5, 0.6) is 0 Å². The fourth-order valence-electron chi connectivity index (χ4n) is 2.50. The van der Waals surface area contributed by atoms with E-state index in [2.05, 4.69) is 15.9 Å². The summed E-state index contributed by atoms with van der Waals surface area (Å²) in [7, 11) is 1.57. The van der Waals surface area contributed by atoms with Crippen molar-refractivity contribution in [3.05, 3.63) is 20.8 Å². The molecule has 110 valence electrons. The second kappa shape index (κ2) is 6.69. The van der Waals surface area contributed by atoms with Crippen LogP contribution in [0.2, 0.25) is 0 Å². The van der Waals surface area contributed by atoms with Crippen molar-refractivity contribution >= 4 is 39.1 Å². The van der Waals surface area contributed by atoms with Crippen LogP contribution in [0.4, 0.5) is 0 Å². The van der Waals surface area contributed by atoms with E-state index >= 15 is 0 Å². The number of carbonyl (C=O) groups excluding carboxylic acids is 1. The van der Waals surface area contributed by atoms with Crippen molar-refractivity contribution in [3.8, 4) is 0 Å². The second-order valence-corrected chi connectivity index (χ2v) is 7.14. The smallest absolute Gasteiger partial charge is 0.308 e. The first-order valence-corrected chi connectivity index (χ1v) is 7.92. The second-order valence-electron chi connectivity index (χ2n) is 4.65. The van der Waals surface area contributed by atoms with Gasteiger partial charge in [0.2, 0.25) is 5.91 Å². The zero-order valence-electron chi connectivity index (χ0n) is 11.0. The number of aliphatic carboxylic acids is 1. The van der Waals surface area contributed by atoms with Crippen LogP contribution in [0, 0.1) is 5.92 Å². The van der Waals surface area contributed by atoms with E-state index in [0.717, 1.165) is 8.66 Å². The Balaban J connectivity index is 2.33. The molecule has 2 unspecified atom stereocenters. The largest absolute Gasteiger partial charge is 0.481 e. The highest BCUT2D eigenvalue weighted by Gasteiger charge is 2.41. The van der Waals surface area contributed by atoms with Crippen molar-refractivity contribution in [2.24, 2.45) is 5.92 Å². The van der Waals surface area contributed by atoms with Gasteiger partial charge in [0.15, 0.2) is 0 Å². The molecule has 7 heteroatoms. The van der Waals surface area contributed by atoms with Gasteiger partial charge in [-0.05, 0) is 34.5 Å². The molecule has 1 fully saturated rings. The van der Waals surface area contributed by atoms with Gasteiger partial charge in [-0.25, -0.2) is 0 Å². The summed E-state index contributed by atoms with van der Waals surface area (Å²) in [6.45, 7) is 0.820. The minimum absolute atomic E-state index is 0.00549. The molecular weight excluding hydrogens is 346 g/mol. The SMILES string of the molecule is COCCN1C(=O)CCC(C(=O)O)C1c1ccc(Br)s1. The van der Waals surface area contributed by atoms with Gasteiger partial charge < -0.3 is 14.7 Å². The topological polar surface area (TPSA) is 66.8 Å². The van der Waals surface area contributed by atoms with Crippen LogP contribution in [-0.2, 0) is 14.3 Å². The first kappa shape index (κ1) is 15.5. The molecule has 1 N–H and O–H groups in total. The van der Waals surface area contributed by atoms with Crippen molar-refractivity contribution in [1.29, 1.82) is 0 Å². The van der Waals surface area contributed by atoms with Crippen LogP contribution < -0.4 is 0 Å². The van der Waals surface area contributed by atoms with E-state index in [-0.39, 0.29) is 12.3 Å². The molecule has 2 rings (SSSR count). The maximum atomic E-state index is 12.1. The summed E-state index contributed by atoms with van der Waals surface area (Å²) in [5.41, 5.74) is 0. The van der Waals surface area contributed by atoms with E-state index in [4.69, 9.17) is 4.74 Å². The fraction of sp³-hybridized carbons (Fsp3) is 0.538. The predicted molar refractivity (Wildman–Crippen MR) is 78.7 cm³/mol. The van der Waals surface area contributed by atoms with Crippen molar-refractivity contribution < 1.29 is 19.4 Å². The molecule has 1 aromatic rings. The van der Waals surface area contributed by atoms with Gasteiger partial charge in [-0.2, -0.15) is 0 Å². The molecule has 20 heavy (non-hydrogen) atoms. The molecule has 0 radical (unpaired) electrons. The van der Waals surface area contributed by atoms with Crippen LogP contribution in [0.25, 0.3) is 0 Å². The van der Waals surface area contributed by atoms with Gasteiger partial charge in [0, 0.05) is 25.0 Å². The normalized spacial score (nSPS) is 23.1. The van der Waals surface area contributed by atoms with Gasteiger partial charge in [-0.15, -0.1) is 11.3 Å². The molecule has 0 aliphatic carbocycles. The first-order chi connectivity index (χ1) is 9.54. The van der Waals surface area contributed by atoms with E-state index in [1.54, 1.807) is 12.0 Å². The summed E-state index contributed by atoms with van der Waals surface area (Å²) < 4.78 is 5.96. The Bertz CT molecular complexity index is 504.